The second kappa shape index (κ2) is 8.93. The quantitative estimate of drug-likeness (QED) is 0.811. The van der Waals surface area contributed by atoms with Gasteiger partial charge < -0.3 is 15.5 Å². The van der Waals surface area contributed by atoms with Crippen molar-refractivity contribution >= 4 is 45.9 Å². The van der Waals surface area contributed by atoms with Crippen LogP contribution >= 0.6 is 11.8 Å². The van der Waals surface area contributed by atoms with Gasteiger partial charge in [0.25, 0.3) is 5.24 Å². The van der Waals surface area contributed by atoms with E-state index in [2.05, 4.69) is 16.7 Å². The first-order valence-corrected chi connectivity index (χ1v) is 10.1. The van der Waals surface area contributed by atoms with Gasteiger partial charge in [-0.2, -0.15) is 0 Å². The molecule has 0 unspecified atom stereocenters. The molecule has 1 aliphatic heterocycles. The Labute approximate surface area is 168 Å². The Balaban J connectivity index is 1.54. The lowest BCUT2D eigenvalue weighted by molar-refractivity contribution is -0.114. The van der Waals surface area contributed by atoms with Gasteiger partial charge in [-0.25, -0.2) is 0 Å². The van der Waals surface area contributed by atoms with Crippen LogP contribution in [0.2, 0.25) is 0 Å². The SMILES string of the molecule is CC(=O)Nc1ccc(NC(=O)CSC(=O)N2CCCc3cc(C)ccc32)cc1. The van der Waals surface area contributed by atoms with Crippen molar-refractivity contribution in [1.29, 1.82) is 0 Å². The molecule has 3 amide bonds. The Bertz CT molecular complexity index is 896. The van der Waals surface area contributed by atoms with Gasteiger partial charge in [0.2, 0.25) is 11.8 Å². The summed E-state index contributed by atoms with van der Waals surface area (Å²) in [6, 6.07) is 12.9. The van der Waals surface area contributed by atoms with Gasteiger partial charge in [-0.05, 0) is 55.7 Å². The number of amides is 3. The fraction of sp³-hybridized carbons (Fsp3) is 0.286. The van der Waals surface area contributed by atoms with E-state index in [9.17, 15) is 14.4 Å². The predicted octanol–water partition coefficient (Wildman–Crippen LogP) is 4.20. The van der Waals surface area contributed by atoms with E-state index in [0.717, 1.165) is 30.3 Å². The summed E-state index contributed by atoms with van der Waals surface area (Å²) >= 11 is 1.01. The monoisotopic (exact) mass is 397 g/mol. The van der Waals surface area contributed by atoms with E-state index in [1.807, 2.05) is 19.1 Å². The summed E-state index contributed by atoms with van der Waals surface area (Å²) in [5.41, 5.74) is 4.59. The highest BCUT2D eigenvalue weighted by Crippen LogP contribution is 2.30. The number of rotatable bonds is 4. The zero-order valence-corrected chi connectivity index (χ0v) is 16.8. The number of nitrogens with zero attached hydrogens (tertiary/aromatic N) is 1. The number of hydrogen-bond donors (Lipinski definition) is 2. The van der Waals surface area contributed by atoms with Crippen LogP contribution in [0.4, 0.5) is 21.9 Å². The summed E-state index contributed by atoms with van der Waals surface area (Å²) < 4.78 is 0. The Morgan fingerprint density at radius 2 is 1.71 bits per heavy atom. The van der Waals surface area contributed by atoms with Crippen LogP contribution in [0.25, 0.3) is 0 Å². The molecule has 0 atom stereocenters. The highest BCUT2D eigenvalue weighted by atomic mass is 32.2. The molecule has 1 aliphatic rings. The zero-order valence-electron chi connectivity index (χ0n) is 16.0. The largest absolute Gasteiger partial charge is 0.326 e. The van der Waals surface area contributed by atoms with E-state index >= 15 is 0 Å². The lowest BCUT2D eigenvalue weighted by atomic mass is 10.0. The van der Waals surface area contributed by atoms with E-state index < -0.39 is 0 Å². The highest BCUT2D eigenvalue weighted by molar-refractivity contribution is 8.14. The second-order valence-corrected chi connectivity index (χ2v) is 7.68. The third kappa shape index (κ3) is 5.13. The summed E-state index contributed by atoms with van der Waals surface area (Å²) in [4.78, 5) is 37.6. The van der Waals surface area contributed by atoms with Crippen LogP contribution in [0.3, 0.4) is 0 Å². The van der Waals surface area contributed by atoms with Crippen LogP contribution in [0.1, 0.15) is 24.5 Å². The van der Waals surface area contributed by atoms with Gasteiger partial charge in [0, 0.05) is 30.5 Å². The van der Waals surface area contributed by atoms with Crippen LogP contribution in [0.15, 0.2) is 42.5 Å². The lowest BCUT2D eigenvalue weighted by Crippen LogP contribution is -2.33. The first-order chi connectivity index (χ1) is 13.4. The van der Waals surface area contributed by atoms with Crippen molar-refractivity contribution in [2.24, 2.45) is 0 Å². The average molecular weight is 398 g/mol. The lowest BCUT2D eigenvalue weighted by Gasteiger charge is -2.29. The van der Waals surface area contributed by atoms with Crippen molar-refractivity contribution in [3.63, 3.8) is 0 Å². The molecule has 6 nitrogen and oxygen atoms in total. The molecule has 0 aliphatic carbocycles. The van der Waals surface area contributed by atoms with E-state index in [-0.39, 0.29) is 22.8 Å². The Kier molecular flexibility index (Phi) is 6.36. The fourth-order valence-corrected chi connectivity index (χ4v) is 3.83. The molecule has 0 aromatic heterocycles. The Morgan fingerprint density at radius 3 is 2.39 bits per heavy atom. The summed E-state index contributed by atoms with van der Waals surface area (Å²) in [7, 11) is 0. The van der Waals surface area contributed by atoms with Crippen molar-refractivity contribution in [2.75, 3.05) is 27.8 Å². The molecule has 1 heterocycles. The molecule has 0 bridgehead atoms. The molecule has 2 aromatic carbocycles. The maximum atomic E-state index is 12.6. The summed E-state index contributed by atoms with van der Waals surface area (Å²) in [5.74, 6) is -0.350. The van der Waals surface area contributed by atoms with Gasteiger partial charge in [-0.3, -0.25) is 14.4 Å². The number of aryl methyl sites for hydroxylation is 2. The number of anilines is 3. The molecule has 2 aromatic rings. The minimum Gasteiger partial charge on any atom is -0.326 e. The van der Waals surface area contributed by atoms with Crippen molar-refractivity contribution < 1.29 is 14.4 Å². The van der Waals surface area contributed by atoms with Crippen molar-refractivity contribution in [3.8, 4) is 0 Å². The van der Waals surface area contributed by atoms with Crippen LogP contribution in [0, 0.1) is 6.92 Å². The van der Waals surface area contributed by atoms with Gasteiger partial charge in [-0.1, -0.05) is 29.5 Å². The minimum absolute atomic E-state index is 0.0456. The van der Waals surface area contributed by atoms with Crippen molar-refractivity contribution in [1.82, 2.24) is 0 Å². The smallest absolute Gasteiger partial charge is 0.286 e. The number of benzene rings is 2. The molecule has 0 spiro atoms. The fourth-order valence-electron chi connectivity index (χ4n) is 3.16. The molecule has 2 N–H and O–H groups in total. The van der Waals surface area contributed by atoms with Crippen LogP contribution < -0.4 is 15.5 Å². The molecular weight excluding hydrogens is 374 g/mol. The Morgan fingerprint density at radius 1 is 1.04 bits per heavy atom. The number of carbonyl (C=O) groups excluding carboxylic acids is 3. The third-order valence-corrected chi connectivity index (χ3v) is 5.26. The van der Waals surface area contributed by atoms with Crippen LogP contribution in [0.5, 0.6) is 0 Å². The van der Waals surface area contributed by atoms with Gasteiger partial charge in [0.1, 0.15) is 0 Å². The molecule has 0 saturated heterocycles. The number of nitrogens with one attached hydrogen (secondary N) is 2. The van der Waals surface area contributed by atoms with Crippen molar-refractivity contribution in [3.05, 3.63) is 53.6 Å². The standard InChI is InChI=1S/C21H23N3O3S/c1-14-5-10-19-16(12-14)4-3-11-24(19)21(27)28-13-20(26)23-18-8-6-17(7-9-18)22-15(2)25/h5-10,12H,3-4,11,13H2,1-2H3,(H,22,25)(H,23,26). The topological polar surface area (TPSA) is 78.5 Å². The van der Waals surface area contributed by atoms with E-state index in [0.29, 0.717) is 17.9 Å². The molecule has 0 saturated carbocycles. The molecule has 28 heavy (non-hydrogen) atoms. The molecule has 0 fully saturated rings. The highest BCUT2D eigenvalue weighted by Gasteiger charge is 2.23. The van der Waals surface area contributed by atoms with E-state index in [1.54, 1.807) is 29.2 Å². The summed E-state index contributed by atoms with van der Waals surface area (Å²) in [6.45, 7) is 4.16. The molecule has 0 radical (unpaired) electrons. The van der Waals surface area contributed by atoms with E-state index in [4.69, 9.17) is 0 Å². The first kappa shape index (κ1) is 19.9. The number of thioether (sulfide) groups is 1. The average Bonchev–Trinajstić information content (AvgIpc) is 2.66. The van der Waals surface area contributed by atoms with Gasteiger partial charge in [0.15, 0.2) is 0 Å². The first-order valence-electron chi connectivity index (χ1n) is 9.14. The number of hydrogen-bond acceptors (Lipinski definition) is 4. The van der Waals surface area contributed by atoms with E-state index in [1.165, 1.54) is 18.1 Å². The van der Waals surface area contributed by atoms with Crippen LogP contribution in [-0.4, -0.2) is 29.4 Å². The molecule has 146 valence electrons. The second-order valence-electron chi connectivity index (χ2n) is 6.75. The van der Waals surface area contributed by atoms with Crippen molar-refractivity contribution in [2.45, 2.75) is 26.7 Å². The van der Waals surface area contributed by atoms with Crippen LogP contribution in [-0.2, 0) is 16.0 Å². The molecule has 7 heteroatoms. The Hall–Kier alpha value is -2.80. The molecular formula is C21H23N3O3S. The molecule has 3 rings (SSSR count). The third-order valence-electron chi connectivity index (χ3n) is 4.39. The zero-order chi connectivity index (χ0) is 20.1. The summed E-state index contributed by atoms with van der Waals surface area (Å²) in [6.07, 6.45) is 1.90. The van der Waals surface area contributed by atoms with Gasteiger partial charge in [0.05, 0.1) is 5.75 Å². The maximum Gasteiger partial charge on any atom is 0.286 e. The number of carbonyl (C=O) groups is 3. The number of fused-ring (bicyclic) bond motifs is 1. The summed E-state index contributed by atoms with van der Waals surface area (Å²) in [5, 5.41) is 5.32. The predicted molar refractivity (Wildman–Crippen MR) is 114 cm³/mol. The van der Waals surface area contributed by atoms with Gasteiger partial charge >= 0.3 is 0 Å². The normalized spacial score (nSPS) is 12.9. The van der Waals surface area contributed by atoms with Gasteiger partial charge in [-0.15, -0.1) is 0 Å². The maximum absolute atomic E-state index is 12.6. The minimum atomic E-state index is -0.244.